The first-order valence-corrected chi connectivity index (χ1v) is 18.7. The van der Waals surface area contributed by atoms with E-state index in [0.717, 1.165) is 32.1 Å². The predicted molar refractivity (Wildman–Crippen MR) is 201 cm³/mol. The molecule has 1 fully saturated rings. The second-order valence-corrected chi connectivity index (χ2v) is 13.3. The molecule has 5 rings (SSSR count). The van der Waals surface area contributed by atoms with E-state index in [9.17, 15) is 24.0 Å². The molecular formula is C42H53N3O8. The standard InChI is InChI=1S/C30H32N2O3.C12H21NO5/c1-35-28-14-8-7-13-27(28)29(33)31-22-17-19-32(20-18-22)30(34)26-16-15-23(21-9-3-2-4-10-21)24-11-5-6-12-25(24)26;1-3-7-17-11(15)6-5-10(13-9-14)12(16)18-8-4-2/h2-14,22-23,26H,15-20H2,1H3,(H,31,33);9-10H,3-8H2,1-2H3,(H,13,14)/t23?,26-;10-/m00/s1. The minimum Gasteiger partial charge on any atom is -0.496 e. The Hall–Kier alpha value is -5.19. The molecule has 3 aromatic rings. The van der Waals surface area contributed by atoms with E-state index in [1.807, 2.05) is 43.0 Å². The van der Waals surface area contributed by atoms with E-state index in [1.165, 1.54) is 16.7 Å². The summed E-state index contributed by atoms with van der Waals surface area (Å²) in [6, 6.07) is 25.6. The van der Waals surface area contributed by atoms with Crippen LogP contribution in [0.15, 0.2) is 78.9 Å². The lowest BCUT2D eigenvalue weighted by atomic mass is 9.73. The van der Waals surface area contributed by atoms with Gasteiger partial charge in [0.15, 0.2) is 0 Å². The number of carbonyl (C=O) groups is 5. The highest BCUT2D eigenvalue weighted by atomic mass is 16.5. The minimum absolute atomic E-state index is 0.0533. The van der Waals surface area contributed by atoms with Gasteiger partial charge in [0.05, 0.1) is 31.8 Å². The molecule has 11 nitrogen and oxygen atoms in total. The van der Waals surface area contributed by atoms with E-state index in [-0.39, 0.29) is 42.6 Å². The van der Waals surface area contributed by atoms with Crippen LogP contribution in [0.4, 0.5) is 0 Å². The van der Waals surface area contributed by atoms with E-state index in [0.29, 0.717) is 56.4 Å². The molecule has 0 spiro atoms. The summed E-state index contributed by atoms with van der Waals surface area (Å²) in [6.07, 6.45) is 5.49. The number of piperidine rings is 1. The van der Waals surface area contributed by atoms with Crippen LogP contribution in [-0.2, 0) is 28.7 Å². The van der Waals surface area contributed by atoms with Crippen LogP contribution < -0.4 is 15.4 Å². The first-order chi connectivity index (χ1) is 25.8. The Labute approximate surface area is 312 Å². The third-order valence-corrected chi connectivity index (χ3v) is 9.59. The lowest BCUT2D eigenvalue weighted by Crippen LogP contribution is -2.48. The van der Waals surface area contributed by atoms with Crippen molar-refractivity contribution < 1.29 is 38.2 Å². The molecule has 0 aromatic heterocycles. The molecule has 1 aliphatic carbocycles. The van der Waals surface area contributed by atoms with E-state index in [1.54, 1.807) is 19.2 Å². The van der Waals surface area contributed by atoms with Gasteiger partial charge in [0.25, 0.3) is 5.91 Å². The quantitative estimate of drug-likeness (QED) is 0.146. The number of nitrogens with one attached hydrogen (secondary N) is 2. The van der Waals surface area contributed by atoms with Gasteiger partial charge in [-0.15, -0.1) is 0 Å². The number of ether oxygens (including phenoxy) is 3. The number of para-hydroxylation sites is 1. The third-order valence-electron chi connectivity index (χ3n) is 9.59. The van der Waals surface area contributed by atoms with Crippen molar-refractivity contribution in [1.29, 1.82) is 0 Å². The fourth-order valence-electron chi connectivity index (χ4n) is 6.84. The maximum atomic E-state index is 13.6. The number of likely N-dealkylation sites (tertiary alicyclic amines) is 1. The fourth-order valence-corrected chi connectivity index (χ4v) is 6.84. The number of methoxy groups -OCH3 is 1. The van der Waals surface area contributed by atoms with Gasteiger partial charge in [-0.1, -0.05) is 80.6 Å². The van der Waals surface area contributed by atoms with Crippen LogP contribution in [0.5, 0.6) is 5.75 Å². The molecule has 3 amide bonds. The average molecular weight is 728 g/mol. The molecule has 2 N–H and O–H groups in total. The number of nitrogens with zero attached hydrogens (tertiary/aromatic N) is 1. The molecule has 284 valence electrons. The van der Waals surface area contributed by atoms with Crippen molar-refractivity contribution >= 4 is 30.2 Å². The van der Waals surface area contributed by atoms with Crippen molar-refractivity contribution in [3.8, 4) is 5.75 Å². The molecule has 1 unspecified atom stereocenters. The summed E-state index contributed by atoms with van der Waals surface area (Å²) >= 11 is 0. The van der Waals surface area contributed by atoms with Crippen molar-refractivity contribution in [2.24, 2.45) is 0 Å². The third kappa shape index (κ3) is 11.7. The zero-order valence-corrected chi connectivity index (χ0v) is 31.1. The van der Waals surface area contributed by atoms with Crippen LogP contribution in [0.2, 0.25) is 0 Å². The number of rotatable bonds is 15. The van der Waals surface area contributed by atoms with Gasteiger partial charge in [0.2, 0.25) is 12.3 Å². The highest BCUT2D eigenvalue weighted by Gasteiger charge is 2.35. The number of fused-ring (bicyclic) bond motifs is 1. The molecule has 3 aromatic carbocycles. The lowest BCUT2D eigenvalue weighted by Gasteiger charge is -2.37. The van der Waals surface area contributed by atoms with Gasteiger partial charge in [-0.05, 0) is 73.8 Å². The summed E-state index contributed by atoms with van der Waals surface area (Å²) in [4.78, 5) is 61.5. The highest BCUT2D eigenvalue weighted by Crippen LogP contribution is 2.43. The maximum Gasteiger partial charge on any atom is 0.328 e. The van der Waals surface area contributed by atoms with Gasteiger partial charge in [0, 0.05) is 31.5 Å². The summed E-state index contributed by atoms with van der Waals surface area (Å²) in [5, 5.41) is 5.47. The predicted octanol–water partition coefficient (Wildman–Crippen LogP) is 5.91. The smallest absolute Gasteiger partial charge is 0.328 e. The van der Waals surface area contributed by atoms with E-state index >= 15 is 0 Å². The van der Waals surface area contributed by atoms with Gasteiger partial charge in [-0.3, -0.25) is 19.2 Å². The number of hydrogen-bond acceptors (Lipinski definition) is 8. The topological polar surface area (TPSA) is 140 Å². The first-order valence-electron chi connectivity index (χ1n) is 18.7. The Morgan fingerprint density at radius 1 is 0.811 bits per heavy atom. The summed E-state index contributed by atoms with van der Waals surface area (Å²) in [7, 11) is 1.57. The maximum absolute atomic E-state index is 13.6. The van der Waals surface area contributed by atoms with Gasteiger partial charge in [-0.25, -0.2) is 4.79 Å². The highest BCUT2D eigenvalue weighted by molar-refractivity contribution is 5.97. The van der Waals surface area contributed by atoms with E-state index in [4.69, 9.17) is 14.2 Å². The first kappa shape index (κ1) is 40.6. The van der Waals surface area contributed by atoms with Crippen LogP contribution >= 0.6 is 0 Å². The second kappa shape index (κ2) is 21.4. The fraction of sp³-hybridized carbons (Fsp3) is 0.452. The molecule has 3 atom stereocenters. The zero-order valence-electron chi connectivity index (χ0n) is 31.1. The Balaban J connectivity index is 0.000000297. The average Bonchev–Trinajstić information content (AvgIpc) is 3.20. The molecule has 0 bridgehead atoms. The minimum atomic E-state index is -0.789. The molecule has 53 heavy (non-hydrogen) atoms. The van der Waals surface area contributed by atoms with Crippen LogP contribution in [0.25, 0.3) is 0 Å². The van der Waals surface area contributed by atoms with Gasteiger partial charge in [0.1, 0.15) is 11.8 Å². The molecule has 1 aliphatic heterocycles. The van der Waals surface area contributed by atoms with Crippen molar-refractivity contribution in [2.45, 2.75) is 89.1 Å². The van der Waals surface area contributed by atoms with Crippen LogP contribution in [0.1, 0.15) is 104 Å². The zero-order chi connectivity index (χ0) is 38.0. The molecule has 2 aliphatic rings. The Morgan fingerprint density at radius 3 is 2.13 bits per heavy atom. The molecule has 1 saturated heterocycles. The Kier molecular flexibility index (Phi) is 16.4. The number of amides is 3. The number of hydrogen-bond donors (Lipinski definition) is 2. The molecule has 0 saturated carbocycles. The SMILES string of the molecule is CCCOC(=O)CC[C@H](NC=O)C(=O)OCCC.COc1ccccc1C(=O)NC1CCN(C(=O)[C@H]2CCC(c3ccccc3)c3ccccc32)CC1. The van der Waals surface area contributed by atoms with Gasteiger partial charge >= 0.3 is 11.9 Å². The molecular weight excluding hydrogens is 674 g/mol. The number of carbonyl (C=O) groups excluding carboxylic acids is 5. The number of benzene rings is 3. The second-order valence-electron chi connectivity index (χ2n) is 13.3. The Morgan fingerprint density at radius 2 is 1.45 bits per heavy atom. The van der Waals surface area contributed by atoms with Crippen molar-refractivity contribution in [1.82, 2.24) is 15.5 Å². The molecule has 11 heteroatoms. The van der Waals surface area contributed by atoms with Crippen LogP contribution in [0.3, 0.4) is 0 Å². The summed E-state index contributed by atoms with van der Waals surface area (Å²) < 4.78 is 15.1. The largest absolute Gasteiger partial charge is 0.496 e. The van der Waals surface area contributed by atoms with Crippen molar-refractivity contribution in [3.05, 3.63) is 101 Å². The Bertz CT molecular complexity index is 1640. The van der Waals surface area contributed by atoms with E-state index < -0.39 is 12.0 Å². The molecule has 1 heterocycles. The van der Waals surface area contributed by atoms with Gasteiger partial charge < -0.3 is 29.7 Å². The monoisotopic (exact) mass is 727 g/mol. The summed E-state index contributed by atoms with van der Waals surface area (Å²) in [6.45, 7) is 5.76. The van der Waals surface area contributed by atoms with E-state index in [2.05, 4.69) is 53.1 Å². The lowest BCUT2D eigenvalue weighted by molar-refractivity contribution is -0.148. The van der Waals surface area contributed by atoms with Crippen molar-refractivity contribution in [2.75, 3.05) is 33.4 Å². The van der Waals surface area contributed by atoms with Crippen LogP contribution in [0, 0.1) is 0 Å². The molecule has 0 radical (unpaired) electrons. The summed E-state index contributed by atoms with van der Waals surface area (Å²) in [5.41, 5.74) is 4.31. The van der Waals surface area contributed by atoms with Crippen molar-refractivity contribution in [3.63, 3.8) is 0 Å². The van der Waals surface area contributed by atoms with Crippen LogP contribution in [-0.4, -0.2) is 80.6 Å². The summed E-state index contributed by atoms with van der Waals surface area (Å²) in [5.74, 6) is 0.0181. The number of esters is 2. The normalized spacial score (nSPS) is 17.2. The van der Waals surface area contributed by atoms with Gasteiger partial charge in [-0.2, -0.15) is 0 Å².